The van der Waals surface area contributed by atoms with Crippen LogP contribution in [-0.2, 0) is 11.2 Å². The maximum atomic E-state index is 6.35. The van der Waals surface area contributed by atoms with E-state index in [1.54, 1.807) is 7.11 Å². The van der Waals surface area contributed by atoms with Crippen LogP contribution in [-0.4, -0.2) is 32.3 Å². The van der Waals surface area contributed by atoms with Crippen molar-refractivity contribution in [2.75, 3.05) is 25.1 Å². The molecule has 1 heterocycles. The van der Waals surface area contributed by atoms with Crippen LogP contribution in [0.1, 0.15) is 25.3 Å². The summed E-state index contributed by atoms with van der Waals surface area (Å²) in [5, 5.41) is 0.814. The number of ether oxygens (including phenoxy) is 1. The first-order valence-electron chi connectivity index (χ1n) is 6.92. The van der Waals surface area contributed by atoms with Crippen LogP contribution < -0.4 is 10.6 Å². The summed E-state index contributed by atoms with van der Waals surface area (Å²) in [6, 6.07) is 6.42. The zero-order valence-corrected chi connectivity index (χ0v) is 12.5. The fraction of sp³-hybridized carbons (Fsp3) is 0.600. The van der Waals surface area contributed by atoms with Crippen molar-refractivity contribution in [2.45, 2.75) is 38.3 Å². The minimum Gasteiger partial charge on any atom is -0.380 e. The van der Waals surface area contributed by atoms with Crippen molar-refractivity contribution in [3.63, 3.8) is 0 Å². The Balaban J connectivity index is 2.10. The number of benzene rings is 1. The minimum absolute atomic E-state index is 0.135. The smallest absolute Gasteiger partial charge is 0.0746 e. The van der Waals surface area contributed by atoms with Crippen LogP contribution >= 0.6 is 11.6 Å². The molecule has 1 saturated heterocycles. The molecule has 0 aromatic heterocycles. The lowest BCUT2D eigenvalue weighted by Gasteiger charge is -2.33. The molecular formula is C15H23ClN2O. The molecule has 1 fully saturated rings. The third-order valence-electron chi connectivity index (χ3n) is 3.66. The van der Waals surface area contributed by atoms with E-state index in [-0.39, 0.29) is 6.04 Å². The second kappa shape index (κ2) is 6.60. The highest BCUT2D eigenvalue weighted by atomic mass is 35.5. The van der Waals surface area contributed by atoms with E-state index in [2.05, 4.69) is 23.1 Å². The van der Waals surface area contributed by atoms with E-state index in [1.165, 1.54) is 5.69 Å². The predicted molar refractivity (Wildman–Crippen MR) is 81.0 cm³/mol. The van der Waals surface area contributed by atoms with Gasteiger partial charge in [0, 0.05) is 37.0 Å². The van der Waals surface area contributed by atoms with Crippen molar-refractivity contribution in [2.24, 2.45) is 5.73 Å². The predicted octanol–water partition coefficient (Wildman–Crippen LogP) is 2.84. The van der Waals surface area contributed by atoms with Crippen LogP contribution in [0.25, 0.3) is 0 Å². The van der Waals surface area contributed by atoms with Gasteiger partial charge in [-0.25, -0.2) is 0 Å². The second-order valence-electron chi connectivity index (χ2n) is 5.40. The zero-order chi connectivity index (χ0) is 13.8. The van der Waals surface area contributed by atoms with Crippen molar-refractivity contribution in [3.8, 4) is 0 Å². The number of piperidine rings is 1. The van der Waals surface area contributed by atoms with E-state index < -0.39 is 0 Å². The molecular weight excluding hydrogens is 260 g/mol. The highest BCUT2D eigenvalue weighted by Crippen LogP contribution is 2.27. The minimum atomic E-state index is 0.135. The molecule has 3 nitrogen and oxygen atoms in total. The number of rotatable bonds is 4. The summed E-state index contributed by atoms with van der Waals surface area (Å²) in [6.07, 6.45) is 3.46. The van der Waals surface area contributed by atoms with Crippen molar-refractivity contribution < 1.29 is 4.74 Å². The van der Waals surface area contributed by atoms with Gasteiger partial charge in [0.15, 0.2) is 0 Å². The molecule has 4 heteroatoms. The fourth-order valence-corrected chi connectivity index (χ4v) is 2.86. The molecule has 0 aliphatic carbocycles. The summed E-state index contributed by atoms with van der Waals surface area (Å²) in [5.74, 6) is 0. The lowest BCUT2D eigenvalue weighted by Crippen LogP contribution is -2.39. The Kier molecular flexibility index (Phi) is 5.08. The maximum Gasteiger partial charge on any atom is 0.0746 e. The maximum absolute atomic E-state index is 6.35. The fourth-order valence-electron chi connectivity index (χ4n) is 2.61. The monoisotopic (exact) mass is 282 g/mol. The van der Waals surface area contributed by atoms with Gasteiger partial charge in [0.1, 0.15) is 0 Å². The number of anilines is 1. The average Bonchev–Trinajstić information content (AvgIpc) is 2.40. The molecule has 0 saturated carbocycles. The summed E-state index contributed by atoms with van der Waals surface area (Å²) in [4.78, 5) is 2.35. The molecule has 1 aliphatic heterocycles. The zero-order valence-electron chi connectivity index (χ0n) is 11.7. The Bertz CT molecular complexity index is 423. The van der Waals surface area contributed by atoms with Crippen molar-refractivity contribution >= 4 is 17.3 Å². The average molecular weight is 283 g/mol. The van der Waals surface area contributed by atoms with Gasteiger partial charge in [-0.1, -0.05) is 17.7 Å². The van der Waals surface area contributed by atoms with Crippen LogP contribution in [0, 0.1) is 0 Å². The number of hydrogen-bond donors (Lipinski definition) is 1. The Morgan fingerprint density at radius 3 is 2.95 bits per heavy atom. The molecule has 19 heavy (non-hydrogen) atoms. The SMILES string of the molecule is COC1CCCN(c2ccc(CC(C)N)c(Cl)c2)C1. The molecule has 0 bridgehead atoms. The summed E-state index contributed by atoms with van der Waals surface area (Å²) in [7, 11) is 1.78. The number of halogens is 1. The molecule has 106 valence electrons. The topological polar surface area (TPSA) is 38.5 Å². The van der Waals surface area contributed by atoms with Crippen LogP contribution in [0.3, 0.4) is 0 Å². The van der Waals surface area contributed by atoms with Gasteiger partial charge in [-0.2, -0.15) is 0 Å². The van der Waals surface area contributed by atoms with E-state index in [0.717, 1.165) is 42.9 Å². The Hall–Kier alpha value is -0.770. The van der Waals surface area contributed by atoms with Crippen LogP contribution in [0.5, 0.6) is 0 Å². The molecule has 2 rings (SSSR count). The highest BCUT2D eigenvalue weighted by Gasteiger charge is 2.20. The van der Waals surface area contributed by atoms with Gasteiger partial charge in [-0.15, -0.1) is 0 Å². The second-order valence-corrected chi connectivity index (χ2v) is 5.81. The number of hydrogen-bond acceptors (Lipinski definition) is 3. The van der Waals surface area contributed by atoms with Gasteiger partial charge in [0.05, 0.1) is 6.10 Å². The van der Waals surface area contributed by atoms with Gasteiger partial charge in [-0.3, -0.25) is 0 Å². The molecule has 1 aliphatic rings. The molecule has 0 spiro atoms. The lowest BCUT2D eigenvalue weighted by molar-refractivity contribution is 0.0893. The molecule has 2 atom stereocenters. The molecule has 1 aromatic rings. The third-order valence-corrected chi connectivity index (χ3v) is 4.01. The first-order valence-corrected chi connectivity index (χ1v) is 7.29. The number of methoxy groups -OCH3 is 1. The van der Waals surface area contributed by atoms with E-state index in [9.17, 15) is 0 Å². The van der Waals surface area contributed by atoms with Gasteiger partial charge in [0.2, 0.25) is 0 Å². The highest BCUT2D eigenvalue weighted by molar-refractivity contribution is 6.31. The molecule has 0 amide bonds. The van der Waals surface area contributed by atoms with Crippen LogP contribution in [0.4, 0.5) is 5.69 Å². The van der Waals surface area contributed by atoms with Gasteiger partial charge < -0.3 is 15.4 Å². The molecule has 1 aromatic carbocycles. The van der Waals surface area contributed by atoms with Gasteiger partial charge in [-0.05, 0) is 43.9 Å². The molecule has 2 unspecified atom stereocenters. The van der Waals surface area contributed by atoms with E-state index in [4.69, 9.17) is 22.1 Å². The quantitative estimate of drug-likeness (QED) is 0.923. The Morgan fingerprint density at radius 1 is 1.53 bits per heavy atom. The third kappa shape index (κ3) is 3.85. The van der Waals surface area contributed by atoms with Crippen molar-refractivity contribution in [1.29, 1.82) is 0 Å². The number of nitrogens with zero attached hydrogens (tertiary/aromatic N) is 1. The Labute approximate surface area is 120 Å². The Morgan fingerprint density at radius 2 is 2.32 bits per heavy atom. The standard InChI is InChI=1S/C15H23ClN2O/c1-11(17)8-12-5-6-13(9-15(12)16)18-7-3-4-14(10-18)19-2/h5-6,9,11,14H,3-4,7-8,10,17H2,1-2H3. The van der Waals surface area contributed by atoms with E-state index in [0.29, 0.717) is 6.10 Å². The number of nitrogens with two attached hydrogens (primary N) is 1. The summed E-state index contributed by atoms with van der Waals surface area (Å²) < 4.78 is 5.46. The van der Waals surface area contributed by atoms with Crippen molar-refractivity contribution in [3.05, 3.63) is 28.8 Å². The molecule has 0 radical (unpaired) electrons. The van der Waals surface area contributed by atoms with Crippen LogP contribution in [0.2, 0.25) is 5.02 Å². The molecule has 2 N–H and O–H groups in total. The van der Waals surface area contributed by atoms with Gasteiger partial charge in [0.25, 0.3) is 0 Å². The normalized spacial score (nSPS) is 21.5. The first-order chi connectivity index (χ1) is 9.10. The largest absolute Gasteiger partial charge is 0.380 e. The van der Waals surface area contributed by atoms with E-state index in [1.807, 2.05) is 6.92 Å². The lowest BCUT2D eigenvalue weighted by atomic mass is 10.0. The van der Waals surface area contributed by atoms with E-state index >= 15 is 0 Å². The van der Waals surface area contributed by atoms with Crippen LogP contribution in [0.15, 0.2) is 18.2 Å². The summed E-state index contributed by atoms with van der Waals surface area (Å²) in [5.41, 5.74) is 8.13. The van der Waals surface area contributed by atoms with Crippen molar-refractivity contribution in [1.82, 2.24) is 0 Å². The summed E-state index contributed by atoms with van der Waals surface area (Å²) >= 11 is 6.35. The summed E-state index contributed by atoms with van der Waals surface area (Å²) in [6.45, 7) is 4.01. The van der Waals surface area contributed by atoms with Gasteiger partial charge >= 0.3 is 0 Å². The first kappa shape index (κ1) is 14.6.